The molecular formula is C64H73B2F2N5O11S3. The molecule has 2 amide bonds. The Morgan fingerprint density at radius 2 is 1.48 bits per heavy atom. The second kappa shape index (κ2) is 28.5. The Balaban J connectivity index is 0.737. The normalized spacial score (nSPS) is 14.7. The molecule has 3 N–H and O–H groups in total. The van der Waals surface area contributed by atoms with Gasteiger partial charge in [-0.15, -0.1) is 22.7 Å². The molecule has 16 nitrogen and oxygen atoms in total. The highest BCUT2D eigenvalue weighted by Crippen LogP contribution is 2.43. The Bertz CT molecular complexity index is 3710. The Hall–Kier alpha value is -6.98. The van der Waals surface area contributed by atoms with Crippen molar-refractivity contribution in [3.8, 4) is 16.3 Å². The molecule has 6 aromatic rings. The summed E-state index contributed by atoms with van der Waals surface area (Å²) in [6, 6.07) is 26.0. The van der Waals surface area contributed by atoms with Crippen LogP contribution in [0.3, 0.4) is 0 Å². The highest BCUT2D eigenvalue weighted by atomic mass is 32.2. The average Bonchev–Trinajstić information content (AvgIpc) is 1.58. The van der Waals surface area contributed by atoms with E-state index >= 15 is 8.63 Å². The first-order valence-electron chi connectivity index (χ1n) is 29.6. The van der Waals surface area contributed by atoms with Crippen molar-refractivity contribution in [2.75, 3.05) is 47.1 Å². The molecule has 23 heteroatoms. The topological polar surface area (TPSA) is 213 Å². The first-order chi connectivity index (χ1) is 41.6. The third-order valence-corrected chi connectivity index (χ3v) is 18.6. The summed E-state index contributed by atoms with van der Waals surface area (Å²) in [5.41, 5.74) is 7.03. The van der Waals surface area contributed by atoms with E-state index in [1.165, 1.54) is 29.8 Å². The van der Waals surface area contributed by atoms with E-state index in [9.17, 15) is 42.0 Å². The molecule has 1 unspecified atom stereocenters. The van der Waals surface area contributed by atoms with E-state index in [0.717, 1.165) is 57.9 Å². The number of amides is 2. The molecule has 3 aromatic carbocycles. The number of unbranched alkanes of at least 4 members (excludes halogenated alkanes) is 3. The number of thiophene rings is 2. The van der Waals surface area contributed by atoms with Gasteiger partial charge in [-0.05, 0) is 115 Å². The number of carbonyl (C=O) groups excluding carboxylic acids is 5. The van der Waals surface area contributed by atoms with Gasteiger partial charge in [0.25, 0.3) is 5.91 Å². The van der Waals surface area contributed by atoms with Crippen LogP contribution in [0.25, 0.3) is 16.6 Å². The fourth-order valence-corrected chi connectivity index (χ4v) is 13.9. The van der Waals surface area contributed by atoms with Gasteiger partial charge in [-0.3, -0.25) is 24.0 Å². The lowest BCUT2D eigenvalue weighted by Gasteiger charge is -2.31. The highest BCUT2D eigenvalue weighted by molar-refractivity contribution is 7.85. The van der Waals surface area contributed by atoms with Crippen molar-refractivity contribution in [1.82, 2.24) is 15.1 Å². The summed E-state index contributed by atoms with van der Waals surface area (Å²) in [5.74, 6) is -2.53. The number of Topliss-reactive ketones (excluding diaryl/α,β-unsaturated/α-hetero) is 2. The van der Waals surface area contributed by atoms with E-state index in [-0.39, 0.29) is 80.6 Å². The third kappa shape index (κ3) is 16.0. The summed E-state index contributed by atoms with van der Waals surface area (Å²) >= 11 is 2.70. The summed E-state index contributed by atoms with van der Waals surface area (Å²) in [6.45, 7) is -3.41. The van der Waals surface area contributed by atoms with Crippen LogP contribution in [-0.4, -0.2) is 134 Å². The Morgan fingerprint density at radius 3 is 2.17 bits per heavy atom. The number of aryl methyl sites for hydroxylation is 3. The maximum atomic E-state index is 17.5. The molecule has 0 spiro atoms. The number of quaternary nitrogens is 1. The lowest BCUT2D eigenvalue weighted by atomic mass is 9.75. The maximum absolute atomic E-state index is 17.5. The minimum absolute atomic E-state index is 0.0179. The molecule has 1 atom stereocenters. The van der Waals surface area contributed by atoms with Crippen molar-refractivity contribution >= 4 is 93.3 Å². The first kappa shape index (κ1) is 64.5. The van der Waals surface area contributed by atoms with Crippen molar-refractivity contribution in [2.24, 2.45) is 0 Å². The molecule has 0 fully saturated rings. The summed E-state index contributed by atoms with van der Waals surface area (Å²) in [4.78, 5) is 67.9. The van der Waals surface area contributed by atoms with Gasteiger partial charge in [0, 0.05) is 94.8 Å². The number of allylic oxidation sites excluding steroid dienone is 2. The van der Waals surface area contributed by atoms with E-state index in [0.29, 0.717) is 96.8 Å². The van der Waals surface area contributed by atoms with Crippen LogP contribution >= 0.6 is 22.7 Å². The Morgan fingerprint density at radius 1 is 0.805 bits per heavy atom. The van der Waals surface area contributed by atoms with Gasteiger partial charge in [-0.1, -0.05) is 73.2 Å². The number of methoxy groups -OCH3 is 1. The quantitative estimate of drug-likeness (QED) is 0.0119. The molecule has 6 heterocycles. The zero-order valence-corrected chi connectivity index (χ0v) is 51.9. The molecule has 9 rings (SSSR count). The van der Waals surface area contributed by atoms with Gasteiger partial charge in [-0.25, -0.2) is 8.42 Å². The Kier molecular flexibility index (Phi) is 21.1. The van der Waals surface area contributed by atoms with Gasteiger partial charge >= 0.3 is 14.1 Å². The summed E-state index contributed by atoms with van der Waals surface area (Å²) < 4.78 is 85.3. The number of aromatic nitrogens is 1. The molecule has 3 aliphatic heterocycles. The van der Waals surface area contributed by atoms with Gasteiger partial charge in [0.05, 0.1) is 62.2 Å². The Labute approximate surface area is 515 Å². The predicted molar refractivity (Wildman–Crippen MR) is 336 cm³/mol. The van der Waals surface area contributed by atoms with Crippen molar-refractivity contribution in [3.05, 3.63) is 169 Å². The first-order valence-corrected chi connectivity index (χ1v) is 32.9. The molecule has 3 aliphatic rings. The number of rotatable bonds is 32. The third-order valence-electron chi connectivity index (χ3n) is 16.0. The van der Waals surface area contributed by atoms with E-state index in [1.54, 1.807) is 47.9 Å². The number of nitrogens with zero attached hydrogens (tertiary/aromatic N) is 3. The highest BCUT2D eigenvalue weighted by Gasteiger charge is 2.55. The number of nitrogens with one attached hydrogen (secondary N) is 2. The molecule has 0 bridgehead atoms. The number of carbonyl (C=O) groups is 5. The standard InChI is InChI=1S/C64H73B2F2N5O11S3/c1-73(2,3)34-14-21-46-38-55(58-25-15-35-85-58)71-53(46)40-54-47(39-56(59-26-16-36-86-59)72(54)66(71,67)68)31-32-60(76)70-52(42-87(80,81)82)57(75)24-10-6-9-22-49(74)23-13-33-69-64(78)50-37-48(63(83-4)61-51(50)41-84-65(61)79)20-12-11-17-43-27-29-45(30-28-43)62(77)44-18-7-5-8-19-44/h5,7-8,15-16,18-19,25-30,35-40,52,79H,6,9-14,17,20-24,31-34,41-42H2,1-4H3,(H2-,69,70,76,78,80,81,82). The van der Waals surface area contributed by atoms with Crippen molar-refractivity contribution in [1.29, 1.82) is 0 Å². The number of fused-ring (bicyclic) bond motifs is 3. The van der Waals surface area contributed by atoms with Crippen LogP contribution in [0.1, 0.15) is 136 Å². The molecular weight excluding hydrogens is 1170 g/mol. The number of halogens is 2. The summed E-state index contributed by atoms with van der Waals surface area (Å²) in [5, 5.41) is 19.8. The van der Waals surface area contributed by atoms with Crippen molar-refractivity contribution in [2.45, 2.75) is 109 Å². The van der Waals surface area contributed by atoms with Crippen LogP contribution in [0, 0.1) is 0 Å². The number of ether oxygens (including phenoxy) is 1. The molecule has 87 heavy (non-hydrogen) atoms. The van der Waals surface area contributed by atoms with Gasteiger partial charge in [0.1, 0.15) is 17.6 Å². The number of benzene rings is 3. The van der Waals surface area contributed by atoms with Crippen LogP contribution in [-0.2, 0) is 55.0 Å². The second-order valence-corrected chi connectivity index (χ2v) is 26.8. The van der Waals surface area contributed by atoms with Gasteiger partial charge < -0.3 is 51.7 Å². The van der Waals surface area contributed by atoms with E-state index in [4.69, 9.17) is 9.39 Å². The van der Waals surface area contributed by atoms with Crippen LogP contribution in [0.15, 0.2) is 119 Å². The average molecular weight is 1240 g/mol. The fourth-order valence-electron chi connectivity index (χ4n) is 11.7. The van der Waals surface area contributed by atoms with Gasteiger partial charge in [0.2, 0.25) is 5.91 Å². The van der Waals surface area contributed by atoms with Gasteiger partial charge in [-0.2, -0.15) is 0 Å². The van der Waals surface area contributed by atoms with E-state index < -0.39 is 47.7 Å². The molecule has 0 saturated heterocycles. The van der Waals surface area contributed by atoms with Gasteiger partial charge in [0.15, 0.2) is 23.0 Å². The maximum Gasteiger partial charge on any atom is 0.737 e. The van der Waals surface area contributed by atoms with Crippen molar-refractivity contribution in [3.63, 3.8) is 0 Å². The number of hydrogen-bond donors (Lipinski definition) is 3. The lowest BCUT2D eigenvalue weighted by molar-refractivity contribution is -0.870. The van der Waals surface area contributed by atoms with Crippen LogP contribution in [0.4, 0.5) is 8.63 Å². The minimum atomic E-state index is -4.98. The fraction of sp³-hybridized carbons (Fsp3) is 0.375. The van der Waals surface area contributed by atoms with E-state index in [1.807, 2.05) is 66.0 Å². The van der Waals surface area contributed by atoms with Crippen molar-refractivity contribution < 1.29 is 69.0 Å². The molecule has 3 aromatic heterocycles. The number of hydrogen-bond acceptors (Lipinski definition) is 13. The van der Waals surface area contributed by atoms with Crippen LogP contribution in [0.2, 0.25) is 0 Å². The predicted octanol–water partition coefficient (Wildman–Crippen LogP) is 9.07. The lowest BCUT2D eigenvalue weighted by Crippen LogP contribution is -2.50. The molecule has 0 radical (unpaired) electrons. The van der Waals surface area contributed by atoms with E-state index in [2.05, 4.69) is 31.8 Å². The molecule has 0 saturated carbocycles. The summed E-state index contributed by atoms with van der Waals surface area (Å²) in [6.07, 6.45) is 9.03. The monoisotopic (exact) mass is 1240 g/mol. The molecule has 0 aliphatic carbocycles. The minimum Gasteiger partial charge on any atom is -0.748 e. The van der Waals surface area contributed by atoms with Crippen LogP contribution < -0.4 is 20.8 Å². The largest absolute Gasteiger partial charge is 0.748 e. The van der Waals surface area contributed by atoms with Crippen LogP contribution in [0.5, 0.6) is 5.75 Å². The second-order valence-electron chi connectivity index (χ2n) is 23.5. The summed E-state index contributed by atoms with van der Waals surface area (Å²) in [7, 11) is 1.53. The zero-order chi connectivity index (χ0) is 62.0. The SMILES string of the molecule is COc1c(CCCCc2ccc(C(=O)c3ccccc3)cc2)cc(C(=O)NCCCC(=O)CCCCCC(=O)C(CS(=O)(=O)[O-])NC(=O)CCC2=CC(c3cccs3)=[N+]3C2=Cc2c(CCC[N+](C)(C)C)cc(-c4cccs4)n2[B-]3(F)F)c2c1B(O)OC2. The zero-order valence-electron chi connectivity index (χ0n) is 49.5. The smallest absolute Gasteiger partial charge is 0.737 e. The number of ketones is 3. The molecule has 458 valence electrons.